The molecule has 3 aromatic rings. The van der Waals surface area contributed by atoms with Gasteiger partial charge in [-0.3, -0.25) is 0 Å². The minimum absolute atomic E-state index is 0.0616. The molecule has 128 valence electrons. The average molecular weight is 355 g/mol. The van der Waals surface area contributed by atoms with E-state index in [2.05, 4.69) is 21.9 Å². The quantitative estimate of drug-likeness (QED) is 0.654. The summed E-state index contributed by atoms with van der Waals surface area (Å²) in [5.74, 6) is -0.470. The molecule has 0 saturated carbocycles. The van der Waals surface area contributed by atoms with Gasteiger partial charge in [-0.05, 0) is 18.6 Å². The number of aromatic nitrogens is 3. The number of carbonyl (C=O) groups excluding carboxylic acids is 1. The van der Waals surface area contributed by atoms with Crippen molar-refractivity contribution in [3.8, 4) is 10.7 Å². The van der Waals surface area contributed by atoms with Gasteiger partial charge in [0.1, 0.15) is 17.3 Å². The molecule has 0 radical (unpaired) electrons. The van der Waals surface area contributed by atoms with Crippen molar-refractivity contribution in [2.45, 2.75) is 13.3 Å². The zero-order valence-corrected chi connectivity index (χ0v) is 14.6. The van der Waals surface area contributed by atoms with Crippen LogP contribution in [0.4, 0.5) is 0 Å². The number of carbonyl (C=O) groups is 1. The van der Waals surface area contributed by atoms with Crippen molar-refractivity contribution in [1.29, 1.82) is 0 Å². The second-order valence-corrected chi connectivity index (χ2v) is 7.19. The van der Waals surface area contributed by atoms with Crippen molar-refractivity contribution >= 4 is 27.5 Å². The summed E-state index contributed by atoms with van der Waals surface area (Å²) in [6.45, 7) is 3.66. The standard InChI is InChI=1S/C18H17N3O3S/c1-2-18(9-23-10-18)11-24-17(22)15-14(19-7-8-20-15)16-21-12-5-3-4-6-13(12)25-16/h3-8H,2,9-11H2,1H3. The van der Waals surface area contributed by atoms with Crippen molar-refractivity contribution < 1.29 is 14.3 Å². The van der Waals surface area contributed by atoms with Gasteiger partial charge in [0, 0.05) is 12.4 Å². The summed E-state index contributed by atoms with van der Waals surface area (Å²) in [5.41, 5.74) is 1.48. The van der Waals surface area contributed by atoms with Crippen LogP contribution in [0.25, 0.3) is 20.9 Å². The van der Waals surface area contributed by atoms with E-state index in [-0.39, 0.29) is 11.1 Å². The van der Waals surface area contributed by atoms with Crippen LogP contribution in [0.2, 0.25) is 0 Å². The molecule has 0 unspecified atom stereocenters. The van der Waals surface area contributed by atoms with Crippen LogP contribution in [-0.4, -0.2) is 40.7 Å². The van der Waals surface area contributed by atoms with Crippen molar-refractivity contribution in [2.24, 2.45) is 5.41 Å². The maximum atomic E-state index is 12.6. The van der Waals surface area contributed by atoms with E-state index >= 15 is 0 Å². The molecular formula is C18H17N3O3S. The number of nitrogens with zero attached hydrogens (tertiary/aromatic N) is 3. The topological polar surface area (TPSA) is 74.2 Å². The lowest BCUT2D eigenvalue weighted by Crippen LogP contribution is -2.46. The molecule has 1 saturated heterocycles. The van der Waals surface area contributed by atoms with Gasteiger partial charge in [0.15, 0.2) is 5.69 Å². The summed E-state index contributed by atoms with van der Waals surface area (Å²) in [4.78, 5) is 25.7. The molecule has 1 aliphatic heterocycles. The summed E-state index contributed by atoms with van der Waals surface area (Å²) in [6, 6.07) is 7.82. The van der Waals surface area contributed by atoms with E-state index in [0.29, 0.717) is 30.5 Å². The molecule has 0 spiro atoms. The molecule has 0 aliphatic carbocycles. The second-order valence-electron chi connectivity index (χ2n) is 6.16. The maximum absolute atomic E-state index is 12.6. The SMILES string of the molecule is CCC1(COC(=O)c2nccnc2-c2nc3ccccc3s2)COC1. The lowest BCUT2D eigenvalue weighted by molar-refractivity contribution is -0.140. The van der Waals surface area contributed by atoms with Crippen LogP contribution in [0, 0.1) is 5.41 Å². The van der Waals surface area contributed by atoms with Gasteiger partial charge in [0.05, 0.1) is 28.8 Å². The van der Waals surface area contributed by atoms with E-state index in [1.165, 1.54) is 17.5 Å². The summed E-state index contributed by atoms with van der Waals surface area (Å²) in [5, 5.41) is 0.665. The number of ether oxygens (including phenoxy) is 2. The van der Waals surface area contributed by atoms with Crippen LogP contribution in [0.15, 0.2) is 36.7 Å². The molecule has 2 aromatic heterocycles. The zero-order valence-electron chi connectivity index (χ0n) is 13.8. The average Bonchev–Trinajstić information content (AvgIpc) is 3.05. The Labute approximate surface area is 148 Å². The van der Waals surface area contributed by atoms with E-state index in [1.54, 1.807) is 6.20 Å². The number of fused-ring (bicyclic) bond motifs is 1. The van der Waals surface area contributed by atoms with E-state index in [1.807, 2.05) is 24.3 Å². The molecule has 7 heteroatoms. The summed E-state index contributed by atoms with van der Waals surface area (Å²) < 4.78 is 11.8. The largest absolute Gasteiger partial charge is 0.460 e. The fourth-order valence-electron chi connectivity index (χ4n) is 2.68. The highest BCUT2D eigenvalue weighted by Crippen LogP contribution is 2.33. The first-order valence-corrected chi connectivity index (χ1v) is 8.94. The number of hydrogen-bond donors (Lipinski definition) is 0. The minimum atomic E-state index is -0.470. The van der Waals surface area contributed by atoms with Gasteiger partial charge in [-0.15, -0.1) is 11.3 Å². The van der Waals surface area contributed by atoms with Gasteiger partial charge in [-0.2, -0.15) is 0 Å². The van der Waals surface area contributed by atoms with Crippen LogP contribution >= 0.6 is 11.3 Å². The van der Waals surface area contributed by atoms with Gasteiger partial charge < -0.3 is 9.47 Å². The minimum Gasteiger partial charge on any atom is -0.460 e. The van der Waals surface area contributed by atoms with Crippen molar-refractivity contribution in [3.63, 3.8) is 0 Å². The number of esters is 1. The fourth-order valence-corrected chi connectivity index (χ4v) is 3.65. The van der Waals surface area contributed by atoms with Crippen LogP contribution in [-0.2, 0) is 9.47 Å². The highest BCUT2D eigenvalue weighted by atomic mass is 32.1. The molecule has 0 bridgehead atoms. The Bertz CT molecular complexity index is 882. The molecule has 1 aliphatic rings. The van der Waals surface area contributed by atoms with Gasteiger partial charge >= 0.3 is 5.97 Å². The molecule has 6 nitrogen and oxygen atoms in total. The van der Waals surface area contributed by atoms with Gasteiger partial charge in [-0.1, -0.05) is 19.1 Å². The second kappa shape index (κ2) is 6.50. The van der Waals surface area contributed by atoms with Gasteiger partial charge in [0.25, 0.3) is 0 Å². The molecule has 1 fully saturated rings. The zero-order chi connectivity index (χ0) is 17.3. The highest BCUT2D eigenvalue weighted by molar-refractivity contribution is 7.21. The van der Waals surface area contributed by atoms with E-state index in [0.717, 1.165) is 16.6 Å². The molecule has 0 atom stereocenters. The Morgan fingerprint density at radius 2 is 2.08 bits per heavy atom. The first-order chi connectivity index (χ1) is 12.2. The van der Waals surface area contributed by atoms with Crippen LogP contribution < -0.4 is 0 Å². The number of thiazole rings is 1. The Kier molecular flexibility index (Phi) is 4.19. The summed E-state index contributed by atoms with van der Waals surface area (Å²) >= 11 is 1.48. The lowest BCUT2D eigenvalue weighted by atomic mass is 9.84. The number of para-hydroxylation sites is 1. The van der Waals surface area contributed by atoms with Crippen LogP contribution in [0.1, 0.15) is 23.8 Å². The molecule has 25 heavy (non-hydrogen) atoms. The molecule has 1 aromatic carbocycles. The first-order valence-electron chi connectivity index (χ1n) is 8.13. The molecule has 0 amide bonds. The van der Waals surface area contributed by atoms with E-state index < -0.39 is 5.97 Å². The Morgan fingerprint density at radius 1 is 1.28 bits per heavy atom. The molecular weight excluding hydrogens is 338 g/mol. The molecule has 4 rings (SSSR count). The van der Waals surface area contributed by atoms with Gasteiger partial charge in [-0.25, -0.2) is 19.7 Å². The predicted octanol–water partition coefficient (Wildman–Crippen LogP) is 3.34. The number of benzene rings is 1. The number of rotatable bonds is 5. The predicted molar refractivity (Wildman–Crippen MR) is 94.5 cm³/mol. The Morgan fingerprint density at radius 3 is 2.80 bits per heavy atom. The fraction of sp³-hybridized carbons (Fsp3) is 0.333. The maximum Gasteiger partial charge on any atom is 0.359 e. The van der Waals surface area contributed by atoms with Crippen molar-refractivity contribution in [2.75, 3.05) is 19.8 Å². The Balaban J connectivity index is 1.61. The van der Waals surface area contributed by atoms with Crippen LogP contribution in [0.5, 0.6) is 0 Å². The monoisotopic (exact) mass is 355 g/mol. The van der Waals surface area contributed by atoms with E-state index in [4.69, 9.17) is 9.47 Å². The highest BCUT2D eigenvalue weighted by Gasteiger charge is 2.38. The van der Waals surface area contributed by atoms with E-state index in [9.17, 15) is 4.79 Å². The first kappa shape index (κ1) is 16.1. The van der Waals surface area contributed by atoms with Crippen LogP contribution in [0.3, 0.4) is 0 Å². The third-order valence-electron chi connectivity index (χ3n) is 4.46. The number of hydrogen-bond acceptors (Lipinski definition) is 7. The summed E-state index contributed by atoms with van der Waals surface area (Å²) in [6.07, 6.45) is 3.96. The van der Waals surface area contributed by atoms with Gasteiger partial charge in [0.2, 0.25) is 0 Å². The van der Waals surface area contributed by atoms with Crippen molar-refractivity contribution in [3.05, 3.63) is 42.4 Å². The van der Waals surface area contributed by atoms with Crippen molar-refractivity contribution in [1.82, 2.24) is 15.0 Å². The smallest absolute Gasteiger partial charge is 0.359 e. The molecule has 3 heterocycles. The third-order valence-corrected chi connectivity index (χ3v) is 5.51. The Hall–Kier alpha value is -2.38. The third kappa shape index (κ3) is 3.01. The molecule has 0 N–H and O–H groups in total. The summed E-state index contributed by atoms with van der Waals surface area (Å²) in [7, 11) is 0. The normalized spacial score (nSPS) is 15.7. The lowest BCUT2D eigenvalue weighted by Gasteiger charge is -2.39.